The number of hydrogen-bond acceptors (Lipinski definition) is 2. The first-order chi connectivity index (χ1) is 9.16. The molecule has 104 valence electrons. The van der Waals surface area contributed by atoms with E-state index < -0.39 is 6.10 Å². The van der Waals surface area contributed by atoms with E-state index in [0.717, 1.165) is 5.56 Å². The lowest BCUT2D eigenvalue weighted by Gasteiger charge is -2.22. The van der Waals surface area contributed by atoms with Crippen molar-refractivity contribution in [3.8, 4) is 0 Å². The zero-order chi connectivity index (χ0) is 13.7. The summed E-state index contributed by atoms with van der Waals surface area (Å²) in [5.74, 6) is 0.577. The molecule has 1 aliphatic rings. The fourth-order valence-electron chi connectivity index (χ4n) is 2.78. The van der Waals surface area contributed by atoms with Gasteiger partial charge in [-0.05, 0) is 29.9 Å². The van der Waals surface area contributed by atoms with Gasteiger partial charge in [0.25, 0.3) is 0 Å². The number of rotatable bonds is 4. The first-order valence-corrected chi connectivity index (χ1v) is 7.19. The molecule has 1 aromatic carbocycles. The van der Waals surface area contributed by atoms with Crippen LogP contribution in [0.3, 0.4) is 0 Å². The van der Waals surface area contributed by atoms with E-state index in [1.807, 2.05) is 12.1 Å². The Morgan fingerprint density at radius 1 is 1.26 bits per heavy atom. The van der Waals surface area contributed by atoms with Crippen LogP contribution in [0.4, 0.5) is 0 Å². The summed E-state index contributed by atoms with van der Waals surface area (Å²) >= 11 is 0. The van der Waals surface area contributed by atoms with Gasteiger partial charge in [-0.25, -0.2) is 0 Å². The Morgan fingerprint density at radius 3 is 2.47 bits per heavy atom. The van der Waals surface area contributed by atoms with Gasteiger partial charge in [0.1, 0.15) is 0 Å². The molecule has 1 aromatic rings. The summed E-state index contributed by atoms with van der Waals surface area (Å²) in [5.41, 5.74) is 2.25. The van der Waals surface area contributed by atoms with Gasteiger partial charge in [-0.2, -0.15) is 0 Å². The topological polar surface area (TPSA) is 49.3 Å². The van der Waals surface area contributed by atoms with E-state index >= 15 is 0 Å². The van der Waals surface area contributed by atoms with E-state index in [-0.39, 0.29) is 12.5 Å². The smallest absolute Gasteiger partial charge is 0.216 e. The minimum Gasteiger partial charge on any atom is -0.387 e. The van der Waals surface area contributed by atoms with E-state index in [9.17, 15) is 9.90 Å². The highest BCUT2D eigenvalue weighted by Gasteiger charge is 2.16. The number of benzene rings is 1. The third-order valence-corrected chi connectivity index (χ3v) is 3.94. The van der Waals surface area contributed by atoms with Crippen LogP contribution in [0, 0.1) is 0 Å². The second kappa shape index (κ2) is 6.71. The summed E-state index contributed by atoms with van der Waals surface area (Å²) in [6.45, 7) is 1.73. The fraction of sp³-hybridized carbons (Fsp3) is 0.562. The largest absolute Gasteiger partial charge is 0.387 e. The van der Waals surface area contributed by atoms with E-state index in [2.05, 4.69) is 17.4 Å². The Balaban J connectivity index is 1.95. The lowest BCUT2D eigenvalue weighted by Crippen LogP contribution is -2.25. The summed E-state index contributed by atoms with van der Waals surface area (Å²) in [5, 5.41) is 12.6. The van der Waals surface area contributed by atoms with Crippen LogP contribution in [0.5, 0.6) is 0 Å². The van der Waals surface area contributed by atoms with Crippen LogP contribution in [0.1, 0.15) is 62.2 Å². The number of carbonyl (C=O) groups is 1. The molecule has 0 radical (unpaired) electrons. The Bertz CT molecular complexity index is 407. The van der Waals surface area contributed by atoms with Crippen molar-refractivity contribution in [1.29, 1.82) is 0 Å². The minimum absolute atomic E-state index is 0.113. The van der Waals surface area contributed by atoms with Crippen LogP contribution in [-0.2, 0) is 4.79 Å². The SMILES string of the molecule is CC(=O)NCC(O)c1ccc(C2CCCCC2)cc1. The van der Waals surface area contributed by atoms with Crippen molar-refractivity contribution >= 4 is 5.91 Å². The molecular weight excluding hydrogens is 238 g/mol. The molecule has 0 spiro atoms. The zero-order valence-corrected chi connectivity index (χ0v) is 11.6. The molecule has 1 amide bonds. The van der Waals surface area contributed by atoms with E-state index in [1.165, 1.54) is 44.6 Å². The van der Waals surface area contributed by atoms with Crippen LogP contribution in [-0.4, -0.2) is 17.6 Å². The van der Waals surface area contributed by atoms with E-state index in [4.69, 9.17) is 0 Å². The molecule has 1 unspecified atom stereocenters. The maximum atomic E-state index is 10.8. The molecule has 0 bridgehead atoms. The second-order valence-electron chi connectivity index (χ2n) is 5.45. The Labute approximate surface area is 115 Å². The standard InChI is InChI=1S/C16H23NO2/c1-12(18)17-11-16(19)15-9-7-14(8-10-15)13-5-3-2-4-6-13/h7-10,13,16,19H,2-6,11H2,1H3,(H,17,18). The summed E-state index contributed by atoms with van der Waals surface area (Å²) in [6, 6.07) is 8.22. The number of hydrogen-bond donors (Lipinski definition) is 2. The Kier molecular flexibility index (Phi) is 4.97. The second-order valence-corrected chi connectivity index (χ2v) is 5.45. The number of amides is 1. The van der Waals surface area contributed by atoms with Crippen molar-refractivity contribution in [3.05, 3.63) is 35.4 Å². The molecule has 19 heavy (non-hydrogen) atoms. The summed E-state index contributed by atoms with van der Waals surface area (Å²) < 4.78 is 0. The molecule has 0 aromatic heterocycles. The molecule has 2 rings (SSSR count). The maximum absolute atomic E-state index is 10.8. The van der Waals surface area contributed by atoms with Crippen molar-refractivity contribution < 1.29 is 9.90 Å². The first kappa shape index (κ1) is 14.1. The predicted molar refractivity (Wildman–Crippen MR) is 75.9 cm³/mol. The molecule has 0 saturated heterocycles. The molecule has 2 N–H and O–H groups in total. The lowest BCUT2D eigenvalue weighted by atomic mass is 9.84. The molecule has 1 atom stereocenters. The highest BCUT2D eigenvalue weighted by molar-refractivity contribution is 5.72. The minimum atomic E-state index is -0.621. The van der Waals surface area contributed by atoms with Gasteiger partial charge >= 0.3 is 0 Å². The number of carbonyl (C=O) groups excluding carboxylic acids is 1. The van der Waals surface area contributed by atoms with Gasteiger partial charge in [-0.3, -0.25) is 4.79 Å². The quantitative estimate of drug-likeness (QED) is 0.875. The monoisotopic (exact) mass is 261 g/mol. The van der Waals surface area contributed by atoms with E-state index in [1.54, 1.807) is 0 Å². The fourth-order valence-corrected chi connectivity index (χ4v) is 2.78. The molecule has 1 fully saturated rings. The van der Waals surface area contributed by atoms with Crippen LogP contribution < -0.4 is 5.32 Å². The van der Waals surface area contributed by atoms with Gasteiger partial charge in [-0.15, -0.1) is 0 Å². The molecule has 1 saturated carbocycles. The van der Waals surface area contributed by atoms with Gasteiger partial charge in [0.15, 0.2) is 0 Å². The summed E-state index contributed by atoms with van der Waals surface area (Å²) in [6.07, 6.45) is 5.98. The summed E-state index contributed by atoms with van der Waals surface area (Å²) in [4.78, 5) is 10.8. The third-order valence-electron chi connectivity index (χ3n) is 3.94. The molecule has 3 heteroatoms. The van der Waals surface area contributed by atoms with Crippen molar-refractivity contribution in [2.75, 3.05) is 6.54 Å². The maximum Gasteiger partial charge on any atom is 0.216 e. The molecule has 0 aliphatic heterocycles. The van der Waals surface area contributed by atoms with Crippen molar-refractivity contribution in [2.45, 2.75) is 51.0 Å². The molecule has 3 nitrogen and oxygen atoms in total. The van der Waals surface area contributed by atoms with Gasteiger partial charge in [0.05, 0.1) is 6.10 Å². The number of aliphatic hydroxyl groups excluding tert-OH is 1. The van der Waals surface area contributed by atoms with Gasteiger partial charge in [-0.1, -0.05) is 43.5 Å². The molecular formula is C16H23NO2. The van der Waals surface area contributed by atoms with Gasteiger partial charge in [0.2, 0.25) is 5.91 Å². The van der Waals surface area contributed by atoms with Crippen LogP contribution in [0.2, 0.25) is 0 Å². The zero-order valence-electron chi connectivity index (χ0n) is 11.6. The van der Waals surface area contributed by atoms with Crippen molar-refractivity contribution in [3.63, 3.8) is 0 Å². The third kappa shape index (κ3) is 4.06. The van der Waals surface area contributed by atoms with Crippen molar-refractivity contribution in [2.24, 2.45) is 0 Å². The normalized spacial score (nSPS) is 18.0. The highest BCUT2D eigenvalue weighted by atomic mass is 16.3. The lowest BCUT2D eigenvalue weighted by molar-refractivity contribution is -0.119. The number of nitrogens with one attached hydrogen (secondary N) is 1. The van der Waals surface area contributed by atoms with Gasteiger partial charge in [0, 0.05) is 13.5 Å². The van der Waals surface area contributed by atoms with Crippen LogP contribution in [0.15, 0.2) is 24.3 Å². The predicted octanol–water partition coefficient (Wildman–Crippen LogP) is 2.90. The molecule has 1 aliphatic carbocycles. The average Bonchev–Trinajstić information content (AvgIpc) is 2.46. The van der Waals surface area contributed by atoms with Gasteiger partial charge < -0.3 is 10.4 Å². The summed E-state index contributed by atoms with van der Waals surface area (Å²) in [7, 11) is 0. The Hall–Kier alpha value is -1.35. The van der Waals surface area contributed by atoms with Crippen LogP contribution >= 0.6 is 0 Å². The molecule has 0 heterocycles. The van der Waals surface area contributed by atoms with Crippen LogP contribution in [0.25, 0.3) is 0 Å². The van der Waals surface area contributed by atoms with Crippen molar-refractivity contribution in [1.82, 2.24) is 5.32 Å². The Morgan fingerprint density at radius 2 is 1.89 bits per heavy atom. The average molecular weight is 261 g/mol. The van der Waals surface area contributed by atoms with E-state index in [0.29, 0.717) is 5.92 Å². The first-order valence-electron chi connectivity index (χ1n) is 7.19. The number of aliphatic hydroxyl groups is 1. The highest BCUT2D eigenvalue weighted by Crippen LogP contribution is 2.32.